The van der Waals surface area contributed by atoms with E-state index in [0.717, 1.165) is 53.6 Å². The Balaban J connectivity index is 1.53. The maximum atomic E-state index is 4.69. The zero-order valence-corrected chi connectivity index (χ0v) is 15.7. The van der Waals surface area contributed by atoms with Gasteiger partial charge in [0.2, 0.25) is 5.95 Å². The predicted molar refractivity (Wildman–Crippen MR) is 109 cm³/mol. The second-order valence-corrected chi connectivity index (χ2v) is 6.98. The summed E-state index contributed by atoms with van der Waals surface area (Å²) in [6, 6.07) is 10.4. The van der Waals surface area contributed by atoms with E-state index in [1.165, 1.54) is 5.56 Å². The number of hydrogen-bond acceptors (Lipinski definition) is 5. The molecule has 3 aromatic rings. The number of aromatic nitrogens is 3. The van der Waals surface area contributed by atoms with Crippen LogP contribution in [-0.2, 0) is 6.42 Å². The number of nitrogens with zero attached hydrogens (tertiary/aromatic N) is 4. The van der Waals surface area contributed by atoms with Crippen LogP contribution in [0, 0.1) is 0 Å². The molecule has 0 spiro atoms. The van der Waals surface area contributed by atoms with Gasteiger partial charge in [0.25, 0.3) is 0 Å². The molecule has 0 bridgehead atoms. The SMILES string of the molecule is CN(C)CCc1ccc(Nc2nccc(-c3c[nH]c4c3=CCCN=4)n2)cc1. The average molecular weight is 360 g/mol. The molecule has 138 valence electrons. The molecule has 0 saturated heterocycles. The maximum absolute atomic E-state index is 4.69. The molecule has 0 saturated carbocycles. The molecular formula is C21H24N6. The number of nitrogens with one attached hydrogen (secondary N) is 2. The molecule has 6 heteroatoms. The molecule has 1 aromatic carbocycles. The van der Waals surface area contributed by atoms with Crippen molar-refractivity contribution >= 4 is 17.7 Å². The van der Waals surface area contributed by atoms with Crippen LogP contribution in [0.15, 0.2) is 47.7 Å². The minimum Gasteiger partial charge on any atom is -0.346 e. The number of rotatable bonds is 6. The summed E-state index contributed by atoms with van der Waals surface area (Å²) in [4.78, 5) is 19.0. The summed E-state index contributed by atoms with van der Waals surface area (Å²) in [6.45, 7) is 1.89. The first kappa shape index (κ1) is 17.4. The second-order valence-electron chi connectivity index (χ2n) is 6.98. The third kappa shape index (κ3) is 4.06. The van der Waals surface area contributed by atoms with Crippen LogP contribution in [-0.4, -0.2) is 47.0 Å². The van der Waals surface area contributed by atoms with Gasteiger partial charge >= 0.3 is 0 Å². The summed E-state index contributed by atoms with van der Waals surface area (Å²) in [6.07, 6.45) is 7.99. The third-order valence-electron chi connectivity index (χ3n) is 4.64. The minimum absolute atomic E-state index is 0.594. The Morgan fingerprint density at radius 1 is 1.15 bits per heavy atom. The number of benzene rings is 1. The van der Waals surface area contributed by atoms with Gasteiger partial charge in [-0.15, -0.1) is 0 Å². The number of fused-ring (bicyclic) bond motifs is 1. The fourth-order valence-corrected chi connectivity index (χ4v) is 3.16. The Bertz CT molecular complexity index is 1030. The van der Waals surface area contributed by atoms with Crippen LogP contribution in [0.1, 0.15) is 12.0 Å². The Morgan fingerprint density at radius 2 is 2.00 bits per heavy atom. The number of likely N-dealkylation sites (N-methyl/N-ethyl adjacent to an activating group) is 1. The van der Waals surface area contributed by atoms with Crippen LogP contribution >= 0.6 is 0 Å². The van der Waals surface area contributed by atoms with Crippen LogP contribution in [0.25, 0.3) is 17.3 Å². The van der Waals surface area contributed by atoms with E-state index in [0.29, 0.717) is 5.95 Å². The Kier molecular flexibility index (Phi) is 4.98. The lowest BCUT2D eigenvalue weighted by atomic mass is 10.1. The van der Waals surface area contributed by atoms with Gasteiger partial charge in [-0.1, -0.05) is 18.2 Å². The first-order valence-electron chi connectivity index (χ1n) is 9.25. The molecule has 2 aromatic heterocycles. The zero-order valence-electron chi connectivity index (χ0n) is 15.7. The van der Waals surface area contributed by atoms with Crippen LogP contribution < -0.4 is 16.0 Å². The highest BCUT2D eigenvalue weighted by Crippen LogP contribution is 2.17. The molecule has 6 nitrogen and oxygen atoms in total. The van der Waals surface area contributed by atoms with Gasteiger partial charge in [-0.3, -0.25) is 4.99 Å². The van der Waals surface area contributed by atoms with Gasteiger partial charge in [0.15, 0.2) is 0 Å². The van der Waals surface area contributed by atoms with Crippen LogP contribution in [0.4, 0.5) is 11.6 Å². The molecule has 0 aliphatic carbocycles. The van der Waals surface area contributed by atoms with Crippen molar-refractivity contribution in [2.24, 2.45) is 4.99 Å². The first-order valence-corrected chi connectivity index (χ1v) is 9.25. The average Bonchev–Trinajstić information content (AvgIpc) is 3.12. The number of H-pyrrole nitrogens is 1. The lowest BCUT2D eigenvalue weighted by Crippen LogP contribution is -2.27. The maximum Gasteiger partial charge on any atom is 0.227 e. The standard InChI is InChI=1S/C21H24N6/c1-27(2)13-10-15-5-7-16(8-6-15)25-21-23-12-9-19(26-21)18-14-24-20-17(18)4-3-11-22-20/h4-9,12,14H,3,10-11,13H2,1-2H3,(H,22,24)(H,23,25,26). The lowest BCUT2D eigenvalue weighted by Gasteiger charge is -2.10. The van der Waals surface area contributed by atoms with Crippen molar-refractivity contribution in [1.29, 1.82) is 0 Å². The first-order chi connectivity index (χ1) is 13.2. The zero-order chi connectivity index (χ0) is 18.6. The Labute approximate surface area is 158 Å². The van der Waals surface area contributed by atoms with Gasteiger partial charge in [-0.2, -0.15) is 0 Å². The topological polar surface area (TPSA) is 69.2 Å². The van der Waals surface area contributed by atoms with E-state index in [-0.39, 0.29) is 0 Å². The Hall–Kier alpha value is -2.99. The second kappa shape index (κ2) is 7.72. The number of aromatic amines is 1. The van der Waals surface area contributed by atoms with E-state index in [9.17, 15) is 0 Å². The molecular weight excluding hydrogens is 336 g/mol. The van der Waals surface area contributed by atoms with Gasteiger partial charge in [0.05, 0.1) is 5.69 Å². The van der Waals surface area contributed by atoms with Crippen molar-refractivity contribution in [3.8, 4) is 11.3 Å². The molecule has 1 aliphatic heterocycles. The molecule has 2 N–H and O–H groups in total. The van der Waals surface area contributed by atoms with Crippen LogP contribution in [0.2, 0.25) is 0 Å². The van der Waals surface area contributed by atoms with Gasteiger partial charge in [0.1, 0.15) is 5.49 Å². The van der Waals surface area contributed by atoms with Crippen molar-refractivity contribution in [1.82, 2.24) is 19.9 Å². The molecule has 0 amide bonds. The fourth-order valence-electron chi connectivity index (χ4n) is 3.16. The molecule has 27 heavy (non-hydrogen) atoms. The largest absolute Gasteiger partial charge is 0.346 e. The highest BCUT2D eigenvalue weighted by atomic mass is 15.1. The minimum atomic E-state index is 0.594. The lowest BCUT2D eigenvalue weighted by molar-refractivity contribution is 0.413. The number of anilines is 2. The molecule has 0 atom stereocenters. The summed E-state index contributed by atoms with van der Waals surface area (Å²) in [5.41, 5.74) is 5.21. The van der Waals surface area contributed by atoms with Crippen molar-refractivity contribution in [2.45, 2.75) is 12.8 Å². The third-order valence-corrected chi connectivity index (χ3v) is 4.64. The van der Waals surface area contributed by atoms with Crippen molar-refractivity contribution < 1.29 is 0 Å². The van der Waals surface area contributed by atoms with Crippen LogP contribution in [0.5, 0.6) is 0 Å². The molecule has 1 aliphatic rings. The monoisotopic (exact) mass is 360 g/mol. The predicted octanol–water partition coefficient (Wildman–Crippen LogP) is 2.12. The molecule has 0 fully saturated rings. The van der Waals surface area contributed by atoms with Gasteiger partial charge in [-0.05, 0) is 50.7 Å². The summed E-state index contributed by atoms with van der Waals surface area (Å²) < 4.78 is 0. The van der Waals surface area contributed by atoms with Crippen molar-refractivity contribution in [3.05, 3.63) is 59.0 Å². The van der Waals surface area contributed by atoms with Gasteiger partial charge in [0, 0.05) is 42.0 Å². The van der Waals surface area contributed by atoms with E-state index in [2.05, 4.69) is 69.6 Å². The van der Waals surface area contributed by atoms with Crippen molar-refractivity contribution in [3.63, 3.8) is 0 Å². The summed E-state index contributed by atoms with van der Waals surface area (Å²) in [5, 5.41) is 4.44. The summed E-state index contributed by atoms with van der Waals surface area (Å²) in [7, 11) is 4.18. The van der Waals surface area contributed by atoms with E-state index in [1.54, 1.807) is 6.20 Å². The quantitative estimate of drug-likeness (QED) is 0.707. The van der Waals surface area contributed by atoms with E-state index >= 15 is 0 Å². The smallest absolute Gasteiger partial charge is 0.227 e. The number of hydrogen-bond donors (Lipinski definition) is 2. The summed E-state index contributed by atoms with van der Waals surface area (Å²) in [5.74, 6) is 0.594. The van der Waals surface area contributed by atoms with E-state index in [4.69, 9.17) is 4.98 Å². The highest BCUT2D eigenvalue weighted by Gasteiger charge is 2.09. The Morgan fingerprint density at radius 3 is 2.81 bits per heavy atom. The summed E-state index contributed by atoms with van der Waals surface area (Å²) >= 11 is 0. The molecule has 4 rings (SSSR count). The van der Waals surface area contributed by atoms with Gasteiger partial charge < -0.3 is 15.2 Å². The highest BCUT2D eigenvalue weighted by molar-refractivity contribution is 5.63. The van der Waals surface area contributed by atoms with Gasteiger partial charge in [-0.25, -0.2) is 9.97 Å². The van der Waals surface area contributed by atoms with E-state index in [1.807, 2.05) is 12.3 Å². The van der Waals surface area contributed by atoms with Crippen molar-refractivity contribution in [2.75, 3.05) is 32.5 Å². The van der Waals surface area contributed by atoms with E-state index < -0.39 is 0 Å². The molecule has 3 heterocycles. The molecule has 0 unspecified atom stereocenters. The molecule has 0 radical (unpaired) electrons. The fraction of sp³-hybridized carbons (Fsp3) is 0.286. The normalized spacial score (nSPS) is 13.0. The van der Waals surface area contributed by atoms with Crippen LogP contribution in [0.3, 0.4) is 0 Å².